The molecular weight excluding hydrogens is 314 g/mol. The third-order valence-corrected chi connectivity index (χ3v) is 3.64. The van der Waals surface area contributed by atoms with Crippen LogP contribution in [-0.4, -0.2) is 35.6 Å². The summed E-state index contributed by atoms with van der Waals surface area (Å²) in [4.78, 5) is 31.6. The molecule has 0 aliphatic carbocycles. The minimum atomic E-state index is -0.579. The van der Waals surface area contributed by atoms with Crippen LogP contribution in [-0.2, 0) is 16.0 Å². The van der Waals surface area contributed by atoms with Crippen molar-refractivity contribution in [3.8, 4) is 0 Å². The molecule has 23 heavy (non-hydrogen) atoms. The predicted molar refractivity (Wildman–Crippen MR) is 89.4 cm³/mol. The summed E-state index contributed by atoms with van der Waals surface area (Å²) in [6, 6.07) is 7.67. The van der Waals surface area contributed by atoms with Gasteiger partial charge in [0.2, 0.25) is 0 Å². The van der Waals surface area contributed by atoms with Crippen LogP contribution in [0.25, 0.3) is 0 Å². The molecule has 0 unspecified atom stereocenters. The number of thioether (sulfide) groups is 1. The van der Waals surface area contributed by atoms with Crippen molar-refractivity contribution in [2.45, 2.75) is 18.5 Å². The molecule has 0 saturated carbocycles. The van der Waals surface area contributed by atoms with Gasteiger partial charge in [0.1, 0.15) is 17.7 Å². The van der Waals surface area contributed by atoms with Gasteiger partial charge in [-0.2, -0.15) is 0 Å². The Kier molecular flexibility index (Phi) is 5.70. The Hall–Kier alpha value is -2.41. The maximum Gasteiger partial charge on any atom is 0.343 e. The van der Waals surface area contributed by atoms with Gasteiger partial charge in [0.05, 0.1) is 12.8 Å². The number of aromatic nitrogens is 2. The van der Waals surface area contributed by atoms with Crippen molar-refractivity contribution in [2.24, 2.45) is 0 Å². The summed E-state index contributed by atoms with van der Waals surface area (Å²) in [6.45, 7) is 1.97. The van der Waals surface area contributed by atoms with E-state index in [1.165, 1.54) is 18.9 Å². The minimum Gasteiger partial charge on any atom is -0.465 e. The van der Waals surface area contributed by atoms with Crippen molar-refractivity contribution in [1.82, 2.24) is 9.97 Å². The lowest BCUT2D eigenvalue weighted by Crippen LogP contribution is -2.14. The Morgan fingerprint density at radius 1 is 1.39 bits per heavy atom. The summed E-state index contributed by atoms with van der Waals surface area (Å²) in [5.41, 5.74) is 2.39. The fourth-order valence-electron chi connectivity index (χ4n) is 2.07. The quantitative estimate of drug-likeness (QED) is 0.377. The van der Waals surface area contributed by atoms with Gasteiger partial charge in [-0.25, -0.2) is 14.8 Å². The first kappa shape index (κ1) is 17.0. The fraction of sp³-hybridized carbons (Fsp3) is 0.250. The van der Waals surface area contributed by atoms with Crippen LogP contribution in [0.1, 0.15) is 21.6 Å². The summed E-state index contributed by atoms with van der Waals surface area (Å²) in [7, 11) is 1.28. The molecular formula is C16H17N3O3S. The maximum atomic E-state index is 12.1. The molecule has 1 aromatic carbocycles. The Morgan fingerprint density at radius 3 is 2.78 bits per heavy atom. The van der Waals surface area contributed by atoms with Gasteiger partial charge in [0.25, 0.3) is 0 Å². The number of aldehydes is 1. The van der Waals surface area contributed by atoms with Crippen LogP contribution in [0.3, 0.4) is 0 Å². The summed E-state index contributed by atoms with van der Waals surface area (Å²) in [5, 5.41) is 3.60. The van der Waals surface area contributed by atoms with Gasteiger partial charge in [-0.1, -0.05) is 23.9 Å². The highest BCUT2D eigenvalue weighted by Gasteiger charge is 2.21. The number of methoxy groups -OCH3 is 1. The van der Waals surface area contributed by atoms with E-state index in [2.05, 4.69) is 15.3 Å². The molecule has 2 rings (SSSR count). The van der Waals surface area contributed by atoms with Crippen LogP contribution in [0.5, 0.6) is 0 Å². The van der Waals surface area contributed by atoms with Gasteiger partial charge >= 0.3 is 5.97 Å². The van der Waals surface area contributed by atoms with Gasteiger partial charge in [0, 0.05) is 12.1 Å². The van der Waals surface area contributed by atoms with E-state index in [0.29, 0.717) is 23.0 Å². The van der Waals surface area contributed by atoms with Crippen LogP contribution in [0, 0.1) is 6.92 Å². The Bertz CT molecular complexity index is 735. The number of ether oxygens (including phenoxy) is 1. The second-order valence-electron chi connectivity index (χ2n) is 4.74. The lowest BCUT2D eigenvalue weighted by atomic mass is 10.1. The molecule has 0 atom stereocenters. The van der Waals surface area contributed by atoms with E-state index in [1.54, 1.807) is 0 Å². The van der Waals surface area contributed by atoms with Crippen LogP contribution in [0.15, 0.2) is 29.4 Å². The number of anilines is 2. The van der Waals surface area contributed by atoms with E-state index >= 15 is 0 Å². The van der Waals surface area contributed by atoms with Crippen molar-refractivity contribution < 1.29 is 14.3 Å². The molecule has 0 bridgehead atoms. The third kappa shape index (κ3) is 4.07. The molecule has 6 nitrogen and oxygen atoms in total. The topological polar surface area (TPSA) is 81.2 Å². The average Bonchev–Trinajstić information content (AvgIpc) is 2.54. The van der Waals surface area contributed by atoms with E-state index in [0.717, 1.165) is 11.3 Å². The highest BCUT2D eigenvalue weighted by atomic mass is 32.2. The number of aryl methyl sites for hydroxylation is 1. The monoisotopic (exact) mass is 331 g/mol. The number of esters is 1. The zero-order valence-corrected chi connectivity index (χ0v) is 13.9. The third-order valence-electron chi connectivity index (χ3n) is 3.09. The summed E-state index contributed by atoms with van der Waals surface area (Å²) >= 11 is 1.33. The van der Waals surface area contributed by atoms with Gasteiger partial charge < -0.3 is 14.8 Å². The van der Waals surface area contributed by atoms with E-state index < -0.39 is 5.97 Å². The Balaban J connectivity index is 2.56. The number of nitrogens with zero attached hydrogens (tertiary/aromatic N) is 2. The molecule has 0 aliphatic rings. The van der Waals surface area contributed by atoms with Crippen molar-refractivity contribution in [1.29, 1.82) is 0 Å². The van der Waals surface area contributed by atoms with E-state index in [1.807, 2.05) is 37.4 Å². The van der Waals surface area contributed by atoms with Crippen LogP contribution < -0.4 is 5.32 Å². The summed E-state index contributed by atoms with van der Waals surface area (Å²) in [5.74, 6) is -0.247. The first-order valence-electron chi connectivity index (χ1n) is 6.89. The molecule has 0 aliphatic heterocycles. The summed E-state index contributed by atoms with van der Waals surface area (Å²) in [6.07, 6.45) is 2.55. The van der Waals surface area contributed by atoms with Gasteiger partial charge in [-0.15, -0.1) is 0 Å². The van der Waals surface area contributed by atoms with Crippen LogP contribution in [0.2, 0.25) is 0 Å². The maximum absolute atomic E-state index is 12.1. The van der Waals surface area contributed by atoms with E-state index in [-0.39, 0.29) is 12.0 Å². The number of nitrogens with one attached hydrogen (secondary N) is 1. The van der Waals surface area contributed by atoms with Gasteiger partial charge in [-0.3, -0.25) is 0 Å². The van der Waals surface area contributed by atoms with E-state index in [9.17, 15) is 9.59 Å². The highest BCUT2D eigenvalue weighted by Crippen LogP contribution is 2.25. The second-order valence-corrected chi connectivity index (χ2v) is 5.51. The zero-order chi connectivity index (χ0) is 16.8. The Labute approximate surface area is 138 Å². The van der Waals surface area contributed by atoms with Gasteiger partial charge in [-0.05, 0) is 30.9 Å². The lowest BCUT2D eigenvalue weighted by Gasteiger charge is -2.14. The summed E-state index contributed by atoms with van der Waals surface area (Å²) < 4.78 is 4.82. The predicted octanol–water partition coefficient (Wildman–Crippen LogP) is 2.78. The van der Waals surface area contributed by atoms with Gasteiger partial charge in [0.15, 0.2) is 5.16 Å². The molecule has 2 aromatic rings. The first-order chi connectivity index (χ1) is 11.1. The molecule has 0 saturated heterocycles. The lowest BCUT2D eigenvalue weighted by molar-refractivity contribution is -0.107. The fourth-order valence-corrected chi connectivity index (χ4v) is 2.45. The highest BCUT2D eigenvalue weighted by molar-refractivity contribution is 7.98. The largest absolute Gasteiger partial charge is 0.465 e. The zero-order valence-electron chi connectivity index (χ0n) is 13.1. The SMILES string of the molecule is COC(=O)c1c(CC=O)nc(SC)nc1Nc1cccc(C)c1. The standard InChI is InChI=1S/C16H17N3O3S/c1-10-5-4-6-11(9-10)17-14-13(15(21)22-2)12(7-8-20)18-16(19-14)23-3/h4-6,8-9H,7H2,1-3H3,(H,17,18,19). The number of hydrogen-bond acceptors (Lipinski definition) is 7. The van der Waals surface area contributed by atoms with Crippen molar-refractivity contribution >= 4 is 35.5 Å². The molecule has 120 valence electrons. The molecule has 0 spiro atoms. The minimum absolute atomic E-state index is 0.0169. The number of carbonyl (C=O) groups is 2. The van der Waals surface area contributed by atoms with Crippen LogP contribution in [0.4, 0.5) is 11.5 Å². The Morgan fingerprint density at radius 2 is 2.17 bits per heavy atom. The number of carbonyl (C=O) groups excluding carboxylic acids is 2. The normalized spacial score (nSPS) is 10.2. The molecule has 0 amide bonds. The molecule has 1 N–H and O–H groups in total. The van der Waals surface area contributed by atoms with Crippen LogP contribution >= 0.6 is 11.8 Å². The van der Waals surface area contributed by atoms with E-state index in [4.69, 9.17) is 4.74 Å². The average molecular weight is 331 g/mol. The number of hydrogen-bond donors (Lipinski definition) is 1. The molecule has 0 radical (unpaired) electrons. The van der Waals surface area contributed by atoms with Crippen molar-refractivity contribution in [2.75, 3.05) is 18.7 Å². The number of benzene rings is 1. The molecule has 7 heteroatoms. The molecule has 0 fully saturated rings. The molecule has 1 aromatic heterocycles. The smallest absolute Gasteiger partial charge is 0.343 e. The van der Waals surface area contributed by atoms with Crippen molar-refractivity contribution in [3.63, 3.8) is 0 Å². The molecule has 1 heterocycles. The second kappa shape index (κ2) is 7.73. The number of rotatable bonds is 6. The van der Waals surface area contributed by atoms with Crippen molar-refractivity contribution in [3.05, 3.63) is 41.1 Å². The first-order valence-corrected chi connectivity index (χ1v) is 8.12.